The van der Waals surface area contributed by atoms with Gasteiger partial charge < -0.3 is 15.8 Å². The quantitative estimate of drug-likeness (QED) is 0.660. The normalized spacial score (nSPS) is 36.0. The van der Waals surface area contributed by atoms with Crippen molar-refractivity contribution in [3.63, 3.8) is 0 Å². The van der Waals surface area contributed by atoms with E-state index in [0.717, 1.165) is 25.3 Å². The van der Waals surface area contributed by atoms with Gasteiger partial charge in [0.1, 0.15) is 11.9 Å². The third-order valence-electron chi connectivity index (χ3n) is 8.18. The first-order valence-electron chi connectivity index (χ1n) is 11.6. The number of amides is 2. The molecule has 4 bridgehead atoms. The average molecular weight is 480 g/mol. The van der Waals surface area contributed by atoms with Crippen molar-refractivity contribution >= 4 is 21.8 Å². The molecule has 180 valence electrons. The molecule has 3 N–H and O–H groups in total. The first kappa shape index (κ1) is 22.7. The summed E-state index contributed by atoms with van der Waals surface area (Å²) in [5, 5.41) is 3.13. The average Bonchev–Trinajstić information content (AvgIpc) is 2.75. The van der Waals surface area contributed by atoms with Crippen LogP contribution in [-0.4, -0.2) is 56.4 Å². The summed E-state index contributed by atoms with van der Waals surface area (Å²) in [5.74, 6) is -0.153. The van der Waals surface area contributed by atoms with E-state index in [0.29, 0.717) is 24.3 Å². The van der Waals surface area contributed by atoms with Gasteiger partial charge >= 0.3 is 0 Å². The summed E-state index contributed by atoms with van der Waals surface area (Å²) in [7, 11) is -3.89. The van der Waals surface area contributed by atoms with Crippen LogP contribution < -0.4 is 11.1 Å². The Kier molecular flexibility index (Phi) is 5.53. The fourth-order valence-corrected chi connectivity index (χ4v) is 8.49. The first-order chi connectivity index (χ1) is 15.6. The smallest absolute Gasteiger partial charge is 0.250 e. The minimum absolute atomic E-state index is 0.0303. The summed E-state index contributed by atoms with van der Waals surface area (Å²) in [6, 6.07) is 3.52. The standard InChI is InChI=1S/C23H30FN3O5S/c1-13-6-17(24)2-3-19(13)33(30,31)27-4-5-32-18(12-27)21(28)26-20-15-7-14-8-16(20)11-23(9-14,10-15)22(25)29/h2-3,6,14-16,18,20H,4-5,7-12H2,1H3,(H2,25,29)(H,26,28). The summed E-state index contributed by atoms with van der Waals surface area (Å²) in [6.07, 6.45) is 3.30. The number of hydrogen-bond donors (Lipinski definition) is 2. The van der Waals surface area contributed by atoms with E-state index in [2.05, 4.69) is 5.32 Å². The fourth-order valence-electron chi connectivity index (χ4n) is 6.86. The van der Waals surface area contributed by atoms with Crippen LogP contribution in [0.25, 0.3) is 0 Å². The maximum absolute atomic E-state index is 13.5. The highest BCUT2D eigenvalue weighted by Crippen LogP contribution is 2.59. The summed E-state index contributed by atoms with van der Waals surface area (Å²) < 4.78 is 46.6. The van der Waals surface area contributed by atoms with Gasteiger partial charge in [0, 0.05) is 24.5 Å². The van der Waals surface area contributed by atoms with Gasteiger partial charge in [-0.25, -0.2) is 12.8 Å². The van der Waals surface area contributed by atoms with Crippen LogP contribution in [0.3, 0.4) is 0 Å². The predicted octanol–water partition coefficient (Wildman–Crippen LogP) is 1.32. The number of nitrogens with zero attached hydrogens (tertiary/aromatic N) is 1. The van der Waals surface area contributed by atoms with Crippen LogP contribution in [0.4, 0.5) is 4.39 Å². The van der Waals surface area contributed by atoms with Crippen LogP contribution >= 0.6 is 0 Å². The Morgan fingerprint density at radius 2 is 1.91 bits per heavy atom. The van der Waals surface area contributed by atoms with Gasteiger partial charge in [-0.05, 0) is 80.5 Å². The van der Waals surface area contributed by atoms with Crippen molar-refractivity contribution in [3.05, 3.63) is 29.6 Å². The molecule has 5 fully saturated rings. The van der Waals surface area contributed by atoms with E-state index in [9.17, 15) is 22.4 Å². The highest BCUT2D eigenvalue weighted by molar-refractivity contribution is 7.89. The summed E-state index contributed by atoms with van der Waals surface area (Å²) in [4.78, 5) is 25.3. The summed E-state index contributed by atoms with van der Waals surface area (Å²) in [5.41, 5.74) is 5.63. The highest BCUT2D eigenvalue weighted by atomic mass is 32.2. The van der Waals surface area contributed by atoms with Crippen molar-refractivity contribution in [1.82, 2.24) is 9.62 Å². The Labute approximate surface area is 193 Å². The lowest BCUT2D eigenvalue weighted by Crippen LogP contribution is -2.63. The van der Waals surface area contributed by atoms with E-state index in [4.69, 9.17) is 10.5 Å². The molecular weight excluding hydrogens is 449 g/mol. The van der Waals surface area contributed by atoms with E-state index in [1.54, 1.807) is 6.92 Å². The Bertz CT molecular complexity index is 1080. The van der Waals surface area contributed by atoms with E-state index in [-0.39, 0.29) is 54.3 Å². The van der Waals surface area contributed by atoms with Gasteiger partial charge in [0.05, 0.1) is 11.5 Å². The number of hydrogen-bond acceptors (Lipinski definition) is 5. The van der Waals surface area contributed by atoms with Gasteiger partial charge in [-0.3, -0.25) is 9.59 Å². The second-order valence-corrected chi connectivity index (χ2v) is 12.2. The lowest BCUT2D eigenvalue weighted by molar-refractivity contribution is -0.150. The lowest BCUT2D eigenvalue weighted by atomic mass is 9.47. The van der Waals surface area contributed by atoms with Gasteiger partial charge in [-0.15, -0.1) is 0 Å². The molecule has 5 aliphatic rings. The lowest BCUT2D eigenvalue weighted by Gasteiger charge is -2.59. The Hall–Kier alpha value is -2.04. The number of nitrogens with one attached hydrogen (secondary N) is 1. The number of ether oxygens (including phenoxy) is 1. The molecule has 0 spiro atoms. The predicted molar refractivity (Wildman–Crippen MR) is 117 cm³/mol. The second-order valence-electron chi connectivity index (χ2n) is 10.3. The Morgan fingerprint density at radius 1 is 1.21 bits per heavy atom. The molecule has 1 aliphatic heterocycles. The topological polar surface area (TPSA) is 119 Å². The minimum atomic E-state index is -3.89. The van der Waals surface area contributed by atoms with Crippen LogP contribution in [0, 0.1) is 35.9 Å². The van der Waals surface area contributed by atoms with Crippen LogP contribution in [0.15, 0.2) is 23.1 Å². The molecule has 0 aromatic heterocycles. The number of morpholine rings is 1. The van der Waals surface area contributed by atoms with E-state index in [1.807, 2.05) is 0 Å². The number of carbonyl (C=O) groups excluding carboxylic acids is 2. The third-order valence-corrected chi connectivity index (χ3v) is 10.2. The molecule has 4 saturated carbocycles. The molecule has 3 atom stereocenters. The molecule has 1 heterocycles. The van der Waals surface area contributed by atoms with Crippen molar-refractivity contribution in [2.75, 3.05) is 19.7 Å². The zero-order valence-electron chi connectivity index (χ0n) is 18.6. The molecule has 3 unspecified atom stereocenters. The molecule has 2 amide bonds. The second kappa shape index (κ2) is 8.02. The zero-order chi connectivity index (χ0) is 23.5. The number of sulfonamides is 1. The fraction of sp³-hybridized carbons (Fsp3) is 0.652. The van der Waals surface area contributed by atoms with Crippen molar-refractivity contribution in [2.24, 2.45) is 28.9 Å². The third kappa shape index (κ3) is 3.85. The first-order valence-corrected chi connectivity index (χ1v) is 13.0. The molecule has 0 radical (unpaired) electrons. The van der Waals surface area contributed by atoms with Crippen LogP contribution in [-0.2, 0) is 24.3 Å². The summed E-state index contributed by atoms with van der Waals surface area (Å²) >= 11 is 0. The van der Waals surface area contributed by atoms with E-state index >= 15 is 0 Å². The highest BCUT2D eigenvalue weighted by Gasteiger charge is 2.58. The van der Waals surface area contributed by atoms with Gasteiger partial charge in [-0.2, -0.15) is 4.31 Å². The number of rotatable bonds is 5. The molecule has 1 aromatic carbocycles. The van der Waals surface area contributed by atoms with Gasteiger partial charge in [0.2, 0.25) is 15.9 Å². The van der Waals surface area contributed by atoms with Crippen LogP contribution in [0.1, 0.15) is 37.7 Å². The molecule has 6 rings (SSSR count). The number of halogens is 1. The SMILES string of the molecule is Cc1cc(F)ccc1S(=O)(=O)N1CCOC(C(=O)NC2C3CC4CC2CC(C(N)=O)(C4)C3)C1. The van der Waals surface area contributed by atoms with Gasteiger partial charge in [0.25, 0.3) is 5.91 Å². The molecule has 8 nitrogen and oxygen atoms in total. The minimum Gasteiger partial charge on any atom is -0.369 e. The van der Waals surface area contributed by atoms with Crippen molar-refractivity contribution in [1.29, 1.82) is 0 Å². The molecule has 33 heavy (non-hydrogen) atoms. The maximum Gasteiger partial charge on any atom is 0.250 e. The molecule has 10 heteroatoms. The molecule has 4 aliphatic carbocycles. The number of carbonyl (C=O) groups is 2. The van der Waals surface area contributed by atoms with Gasteiger partial charge in [0.15, 0.2) is 0 Å². The monoisotopic (exact) mass is 479 g/mol. The number of aryl methyl sites for hydroxylation is 1. The van der Waals surface area contributed by atoms with E-state index in [1.165, 1.54) is 16.4 Å². The van der Waals surface area contributed by atoms with Crippen molar-refractivity contribution < 1.29 is 27.1 Å². The number of primary amides is 1. The zero-order valence-corrected chi connectivity index (χ0v) is 19.4. The van der Waals surface area contributed by atoms with Gasteiger partial charge in [-0.1, -0.05) is 0 Å². The van der Waals surface area contributed by atoms with E-state index < -0.39 is 27.4 Å². The van der Waals surface area contributed by atoms with Crippen molar-refractivity contribution in [3.8, 4) is 0 Å². The number of nitrogens with two attached hydrogens (primary N) is 1. The molecular formula is C23H30FN3O5S. The van der Waals surface area contributed by atoms with Crippen LogP contribution in [0.5, 0.6) is 0 Å². The molecule has 1 aromatic rings. The Morgan fingerprint density at radius 3 is 2.55 bits per heavy atom. The van der Waals surface area contributed by atoms with Crippen molar-refractivity contribution in [2.45, 2.75) is 56.1 Å². The Balaban J connectivity index is 1.28. The largest absolute Gasteiger partial charge is 0.369 e. The number of benzene rings is 1. The van der Waals surface area contributed by atoms with Crippen LogP contribution in [0.2, 0.25) is 0 Å². The maximum atomic E-state index is 13.5. The summed E-state index contributed by atoms with van der Waals surface area (Å²) in [6.45, 7) is 1.68. The molecule has 1 saturated heterocycles.